The van der Waals surface area contributed by atoms with Crippen LogP contribution >= 0.6 is 12.4 Å². The highest BCUT2D eigenvalue weighted by Gasteiger charge is 2.36. The Morgan fingerprint density at radius 3 is 2.33 bits per heavy atom. The van der Waals surface area contributed by atoms with Gasteiger partial charge in [0.15, 0.2) is 0 Å². The number of carbonyl (C=O) groups is 1. The molecule has 6 atom stereocenters. The highest BCUT2D eigenvalue weighted by atomic mass is 35.5. The minimum Gasteiger partial charge on any atom is -0.432 e. The van der Waals surface area contributed by atoms with Gasteiger partial charge in [-0.2, -0.15) is 0 Å². The molecule has 1 rings (SSSR count). The zero-order chi connectivity index (χ0) is 17.6. The number of aromatic amines is 1. The van der Waals surface area contributed by atoms with Crippen LogP contribution in [0.1, 0.15) is 5.69 Å². The van der Waals surface area contributed by atoms with Crippen LogP contribution in [0.3, 0.4) is 0 Å². The molecule has 12 heteroatoms. The maximum atomic E-state index is 11.7. The van der Waals surface area contributed by atoms with Crippen molar-refractivity contribution in [3.05, 3.63) is 18.2 Å². The van der Waals surface area contributed by atoms with Crippen molar-refractivity contribution in [2.24, 2.45) is 5.73 Å². The second-order valence-corrected chi connectivity index (χ2v) is 4.94. The fourth-order valence-corrected chi connectivity index (χ4v) is 1.70. The van der Waals surface area contributed by atoms with E-state index in [-0.39, 0.29) is 18.8 Å². The number of rotatable bonds is 9. The van der Waals surface area contributed by atoms with Crippen LogP contribution in [0.25, 0.3) is 0 Å². The van der Waals surface area contributed by atoms with E-state index in [1.807, 2.05) is 0 Å². The van der Waals surface area contributed by atoms with Gasteiger partial charge in [0.25, 0.3) is 0 Å². The summed E-state index contributed by atoms with van der Waals surface area (Å²) in [5.41, 5.74) is 6.11. The Labute approximate surface area is 143 Å². The zero-order valence-electron chi connectivity index (χ0n) is 12.5. The molecule has 24 heavy (non-hydrogen) atoms. The molecule has 0 aromatic carbocycles. The lowest BCUT2D eigenvalue weighted by molar-refractivity contribution is -0.214. The van der Waals surface area contributed by atoms with Gasteiger partial charge in [-0.05, 0) is 0 Å². The van der Waals surface area contributed by atoms with Crippen molar-refractivity contribution in [1.29, 1.82) is 0 Å². The Morgan fingerprint density at radius 1 is 1.21 bits per heavy atom. The predicted octanol–water partition coefficient (Wildman–Crippen LogP) is -4.00. The van der Waals surface area contributed by atoms with E-state index in [4.69, 9.17) is 15.9 Å². The second-order valence-electron chi connectivity index (χ2n) is 4.94. The Hall–Kier alpha value is -1.31. The lowest BCUT2D eigenvalue weighted by Gasteiger charge is -2.28. The van der Waals surface area contributed by atoms with E-state index in [0.29, 0.717) is 5.69 Å². The van der Waals surface area contributed by atoms with Gasteiger partial charge < -0.3 is 46.1 Å². The number of halogens is 1. The smallest absolute Gasteiger partial charge is 0.325 e. The molecular formula is C12H22ClN3O8. The summed E-state index contributed by atoms with van der Waals surface area (Å²) < 4.78 is 4.50. The first kappa shape index (κ1) is 22.7. The number of carbonyl (C=O) groups excluding carboxylic acids is 1. The third-order valence-corrected chi connectivity index (χ3v) is 3.11. The lowest BCUT2D eigenvalue weighted by Crippen LogP contribution is -2.51. The SMILES string of the molecule is Cl.N[C@@H](Cc1cnc[nH]1)C(=O)OC(O)[C@H](O)[C@@H](O)[C@H](O)[C@H](O)CO. The van der Waals surface area contributed by atoms with Crippen molar-refractivity contribution >= 4 is 18.4 Å². The number of esters is 1. The van der Waals surface area contributed by atoms with Crippen molar-refractivity contribution in [3.8, 4) is 0 Å². The zero-order valence-corrected chi connectivity index (χ0v) is 13.3. The molecule has 0 fully saturated rings. The molecule has 1 heterocycles. The first-order valence-electron chi connectivity index (χ1n) is 6.72. The van der Waals surface area contributed by atoms with Crippen molar-refractivity contribution < 1.29 is 40.2 Å². The first-order chi connectivity index (χ1) is 10.8. The van der Waals surface area contributed by atoms with Crippen LogP contribution in [0.4, 0.5) is 0 Å². The Kier molecular flexibility index (Phi) is 9.96. The molecule has 1 aromatic heterocycles. The summed E-state index contributed by atoms with van der Waals surface area (Å²) in [6.07, 6.45) is -7.21. The maximum Gasteiger partial charge on any atom is 0.325 e. The highest BCUT2D eigenvalue weighted by Crippen LogP contribution is 2.10. The summed E-state index contributed by atoms with van der Waals surface area (Å²) in [4.78, 5) is 18.1. The predicted molar refractivity (Wildman–Crippen MR) is 80.7 cm³/mol. The monoisotopic (exact) mass is 371 g/mol. The van der Waals surface area contributed by atoms with Gasteiger partial charge in [0.1, 0.15) is 30.5 Å². The number of ether oxygens (including phenoxy) is 1. The van der Waals surface area contributed by atoms with Gasteiger partial charge in [-0.3, -0.25) is 4.79 Å². The Bertz CT molecular complexity index is 477. The summed E-state index contributed by atoms with van der Waals surface area (Å²) in [7, 11) is 0. The molecule has 0 bridgehead atoms. The molecule has 0 amide bonds. The van der Waals surface area contributed by atoms with E-state index < -0.39 is 49.3 Å². The van der Waals surface area contributed by atoms with E-state index in [1.165, 1.54) is 12.5 Å². The summed E-state index contributed by atoms with van der Waals surface area (Å²) in [5, 5.41) is 55.9. The number of nitrogens with one attached hydrogen (secondary N) is 1. The van der Waals surface area contributed by atoms with Crippen LogP contribution in [0, 0.1) is 0 Å². The van der Waals surface area contributed by atoms with Crippen LogP contribution < -0.4 is 5.73 Å². The molecule has 0 spiro atoms. The summed E-state index contributed by atoms with van der Waals surface area (Å²) in [6.45, 7) is -0.879. The van der Waals surface area contributed by atoms with Crippen molar-refractivity contribution in [2.75, 3.05) is 6.61 Å². The third-order valence-electron chi connectivity index (χ3n) is 3.11. The standard InChI is InChI=1S/C12H21N3O8.ClH/c13-6(1-5-2-14-4-15-5)11(21)23-12(22)10(20)9(19)8(18)7(17)3-16;/h2,4,6-10,12,16-20,22H,1,3,13H2,(H,14,15);1H/t6-,7+,8+,9-,10+,12?;/m0./s1. The van der Waals surface area contributed by atoms with E-state index in [0.717, 1.165) is 0 Å². The average molecular weight is 372 g/mol. The Morgan fingerprint density at radius 2 is 1.83 bits per heavy atom. The molecule has 0 radical (unpaired) electrons. The second kappa shape index (κ2) is 10.5. The minimum absolute atomic E-state index is 0. The van der Waals surface area contributed by atoms with Crippen LogP contribution in [-0.4, -0.2) is 89.9 Å². The summed E-state index contributed by atoms with van der Waals surface area (Å²) in [6, 6.07) is -1.16. The summed E-state index contributed by atoms with van der Waals surface area (Å²) in [5.74, 6) is -1.06. The van der Waals surface area contributed by atoms with Gasteiger partial charge in [0, 0.05) is 18.3 Å². The van der Waals surface area contributed by atoms with Gasteiger partial charge in [0.05, 0.1) is 12.9 Å². The number of hydrogen-bond donors (Lipinski definition) is 8. The first-order valence-corrected chi connectivity index (χ1v) is 6.72. The number of nitrogens with zero attached hydrogens (tertiary/aromatic N) is 1. The van der Waals surface area contributed by atoms with Gasteiger partial charge in [0.2, 0.25) is 6.29 Å². The fourth-order valence-electron chi connectivity index (χ4n) is 1.70. The fraction of sp³-hybridized carbons (Fsp3) is 0.667. The molecular weight excluding hydrogens is 350 g/mol. The molecule has 0 saturated carbocycles. The Balaban J connectivity index is 0.00000529. The number of imidazole rings is 1. The summed E-state index contributed by atoms with van der Waals surface area (Å²) >= 11 is 0. The molecule has 0 saturated heterocycles. The van der Waals surface area contributed by atoms with E-state index in [2.05, 4.69) is 14.7 Å². The number of aromatic nitrogens is 2. The van der Waals surface area contributed by atoms with Gasteiger partial charge in [-0.1, -0.05) is 0 Å². The topological polar surface area (TPSA) is 202 Å². The number of aliphatic hydroxyl groups is 6. The van der Waals surface area contributed by atoms with Crippen molar-refractivity contribution in [3.63, 3.8) is 0 Å². The van der Waals surface area contributed by atoms with Crippen LogP contribution in [0.5, 0.6) is 0 Å². The van der Waals surface area contributed by atoms with Gasteiger partial charge in [-0.25, -0.2) is 4.98 Å². The molecule has 0 aliphatic rings. The molecule has 0 aliphatic heterocycles. The minimum atomic E-state index is -2.19. The molecule has 11 nitrogen and oxygen atoms in total. The molecule has 9 N–H and O–H groups in total. The van der Waals surface area contributed by atoms with E-state index in [1.54, 1.807) is 0 Å². The van der Waals surface area contributed by atoms with Crippen LogP contribution in [-0.2, 0) is 16.0 Å². The molecule has 140 valence electrons. The third kappa shape index (κ3) is 6.30. The number of hydrogen-bond acceptors (Lipinski definition) is 10. The molecule has 1 unspecified atom stereocenters. The van der Waals surface area contributed by atoms with Crippen LogP contribution in [0.15, 0.2) is 12.5 Å². The van der Waals surface area contributed by atoms with Crippen LogP contribution in [0.2, 0.25) is 0 Å². The maximum absolute atomic E-state index is 11.7. The van der Waals surface area contributed by atoms with Crippen molar-refractivity contribution in [2.45, 2.75) is 43.2 Å². The largest absolute Gasteiger partial charge is 0.432 e. The van der Waals surface area contributed by atoms with Crippen molar-refractivity contribution in [1.82, 2.24) is 9.97 Å². The number of nitrogens with two attached hydrogens (primary N) is 1. The lowest BCUT2D eigenvalue weighted by atomic mass is 10.0. The van der Waals surface area contributed by atoms with Gasteiger partial charge >= 0.3 is 5.97 Å². The number of aliphatic hydroxyl groups excluding tert-OH is 6. The van der Waals surface area contributed by atoms with E-state index >= 15 is 0 Å². The number of H-pyrrole nitrogens is 1. The average Bonchev–Trinajstić information content (AvgIpc) is 3.04. The van der Waals surface area contributed by atoms with E-state index in [9.17, 15) is 25.2 Å². The highest BCUT2D eigenvalue weighted by molar-refractivity contribution is 5.85. The van der Waals surface area contributed by atoms with Gasteiger partial charge in [-0.15, -0.1) is 12.4 Å². The normalized spacial score (nSPS) is 18.6. The molecule has 1 aromatic rings. The molecule has 0 aliphatic carbocycles. The quantitative estimate of drug-likeness (QED) is 0.156.